The molecule has 1 aromatic heterocycles. The molecule has 0 fully saturated rings. The number of imidazole rings is 1. The summed E-state index contributed by atoms with van der Waals surface area (Å²) in [6.07, 6.45) is 0.626. The van der Waals surface area contributed by atoms with Gasteiger partial charge in [0.1, 0.15) is 5.82 Å². The van der Waals surface area contributed by atoms with E-state index in [4.69, 9.17) is 11.6 Å². The monoisotopic (exact) mass is 341 g/mol. The number of aryl methyl sites for hydroxylation is 1. The Bertz CT molecular complexity index is 980. The fourth-order valence-corrected chi connectivity index (χ4v) is 3.14. The second kappa shape index (κ2) is 5.54. The molecule has 1 aliphatic rings. The zero-order valence-electron chi connectivity index (χ0n) is 12.7. The summed E-state index contributed by atoms with van der Waals surface area (Å²) in [7, 11) is 0. The highest BCUT2D eigenvalue weighted by Crippen LogP contribution is 2.31. The number of hydrogen-bond donors (Lipinski definition) is 1. The van der Waals surface area contributed by atoms with Crippen LogP contribution in [0.2, 0.25) is 5.02 Å². The van der Waals surface area contributed by atoms with Crippen LogP contribution in [-0.2, 0) is 0 Å². The van der Waals surface area contributed by atoms with Crippen molar-refractivity contribution in [1.82, 2.24) is 9.55 Å². The number of fused-ring (bicyclic) bond motifs is 3. The van der Waals surface area contributed by atoms with Gasteiger partial charge >= 0.3 is 0 Å². The van der Waals surface area contributed by atoms with Crippen molar-refractivity contribution in [1.29, 1.82) is 0 Å². The lowest BCUT2D eigenvalue weighted by atomic mass is 10.00. The first-order valence-electron chi connectivity index (χ1n) is 7.41. The van der Waals surface area contributed by atoms with Gasteiger partial charge in [0.2, 0.25) is 6.23 Å². The zero-order chi connectivity index (χ0) is 16.8. The summed E-state index contributed by atoms with van der Waals surface area (Å²) < 4.78 is 15.7. The number of halogens is 2. The summed E-state index contributed by atoms with van der Waals surface area (Å²) in [5.74, 6) is 0.00527. The number of aliphatic imine (C=N–C) groups is 1. The average Bonchev–Trinajstić information content (AvgIpc) is 2.90. The second-order valence-electron chi connectivity index (χ2n) is 5.60. The van der Waals surface area contributed by atoms with Crippen molar-refractivity contribution < 1.29 is 9.50 Å². The minimum Gasteiger partial charge on any atom is -0.365 e. The smallest absolute Gasteiger partial charge is 0.205 e. The van der Waals surface area contributed by atoms with Gasteiger partial charge < -0.3 is 5.11 Å². The predicted molar refractivity (Wildman–Crippen MR) is 90.3 cm³/mol. The molecule has 0 amide bonds. The molecular formula is C18H13ClFN3O. The first-order chi connectivity index (χ1) is 11.5. The Hall–Kier alpha value is -2.50. The zero-order valence-corrected chi connectivity index (χ0v) is 13.5. The van der Waals surface area contributed by atoms with E-state index in [1.807, 2.05) is 13.0 Å². The molecule has 0 bridgehead atoms. The summed E-state index contributed by atoms with van der Waals surface area (Å²) in [5, 5.41) is 11.0. The number of rotatable bonds is 1. The highest BCUT2D eigenvalue weighted by atomic mass is 35.5. The molecule has 0 saturated carbocycles. The molecule has 2 heterocycles. The summed E-state index contributed by atoms with van der Waals surface area (Å²) in [6, 6.07) is 11.6. The molecule has 4 nitrogen and oxygen atoms in total. The number of aromatic nitrogens is 2. The van der Waals surface area contributed by atoms with Gasteiger partial charge in [-0.15, -0.1) is 0 Å². The summed E-state index contributed by atoms with van der Waals surface area (Å²) in [6.45, 7) is 1.83. The van der Waals surface area contributed by atoms with Crippen LogP contribution in [0.25, 0.3) is 5.69 Å². The summed E-state index contributed by atoms with van der Waals surface area (Å²) in [5.41, 5.74) is 3.06. The first-order valence-corrected chi connectivity index (χ1v) is 7.79. The molecule has 0 aliphatic carbocycles. The van der Waals surface area contributed by atoms with Crippen LogP contribution < -0.4 is 0 Å². The van der Waals surface area contributed by atoms with Crippen molar-refractivity contribution in [3.63, 3.8) is 0 Å². The van der Waals surface area contributed by atoms with Gasteiger partial charge in [-0.3, -0.25) is 4.57 Å². The second-order valence-corrected chi connectivity index (χ2v) is 6.01. The van der Waals surface area contributed by atoms with E-state index in [2.05, 4.69) is 9.98 Å². The largest absolute Gasteiger partial charge is 0.365 e. The number of aliphatic hydroxyl groups excluding tert-OH is 1. The Kier molecular flexibility index (Phi) is 3.48. The molecule has 6 heteroatoms. The van der Waals surface area contributed by atoms with Crippen molar-refractivity contribution in [2.75, 3.05) is 0 Å². The van der Waals surface area contributed by atoms with E-state index in [-0.39, 0.29) is 5.82 Å². The number of hydrogen-bond acceptors (Lipinski definition) is 3. The standard InChI is InChI=1S/C18H13ClFN3O/c1-10-9-23-15-7-6-11(20)8-13(15)16(22-18(24)17(23)21-10)12-4-2-3-5-14(12)19/h2-9,18,24H,1H3. The highest BCUT2D eigenvalue weighted by molar-refractivity contribution is 6.35. The molecule has 3 aromatic rings. The van der Waals surface area contributed by atoms with Crippen LogP contribution in [-0.4, -0.2) is 20.4 Å². The molecule has 1 N–H and O–H groups in total. The molecule has 2 aromatic carbocycles. The van der Waals surface area contributed by atoms with E-state index in [9.17, 15) is 9.50 Å². The maximum Gasteiger partial charge on any atom is 0.205 e. The van der Waals surface area contributed by atoms with Crippen LogP contribution in [0.5, 0.6) is 0 Å². The third-order valence-corrected chi connectivity index (χ3v) is 4.27. The molecular weight excluding hydrogens is 329 g/mol. The van der Waals surface area contributed by atoms with E-state index in [0.29, 0.717) is 33.4 Å². The van der Waals surface area contributed by atoms with Gasteiger partial charge in [-0.1, -0.05) is 29.8 Å². The third-order valence-electron chi connectivity index (χ3n) is 3.94. The Morgan fingerprint density at radius 2 is 1.96 bits per heavy atom. The van der Waals surface area contributed by atoms with Gasteiger partial charge in [-0.2, -0.15) is 0 Å². The number of aliphatic hydroxyl groups is 1. The van der Waals surface area contributed by atoms with E-state index < -0.39 is 6.23 Å². The summed E-state index contributed by atoms with van der Waals surface area (Å²) in [4.78, 5) is 8.73. The molecule has 0 spiro atoms. The maximum absolute atomic E-state index is 13.9. The quantitative estimate of drug-likeness (QED) is 0.731. The van der Waals surface area contributed by atoms with Gasteiger partial charge in [0, 0.05) is 22.3 Å². The van der Waals surface area contributed by atoms with E-state index in [1.54, 1.807) is 35.0 Å². The molecule has 120 valence electrons. The molecule has 1 unspecified atom stereocenters. The van der Waals surface area contributed by atoms with Crippen LogP contribution >= 0.6 is 11.6 Å². The normalized spacial score (nSPS) is 16.2. The third kappa shape index (κ3) is 2.33. The van der Waals surface area contributed by atoms with Gasteiger partial charge in [0.15, 0.2) is 5.82 Å². The lowest BCUT2D eigenvalue weighted by Gasteiger charge is -2.12. The Morgan fingerprint density at radius 1 is 1.17 bits per heavy atom. The first kappa shape index (κ1) is 15.1. The number of nitrogens with zero attached hydrogens (tertiary/aromatic N) is 3. The van der Waals surface area contributed by atoms with Crippen LogP contribution in [0, 0.1) is 12.7 Å². The Balaban J connectivity index is 2.05. The fourth-order valence-electron chi connectivity index (χ4n) is 2.92. The van der Waals surface area contributed by atoms with Crippen LogP contribution in [0.4, 0.5) is 4.39 Å². The Labute approximate surface area is 142 Å². The lowest BCUT2D eigenvalue weighted by Crippen LogP contribution is -2.08. The molecule has 1 aliphatic heterocycles. The number of benzene rings is 2. The van der Waals surface area contributed by atoms with Crippen molar-refractivity contribution >= 4 is 17.3 Å². The van der Waals surface area contributed by atoms with Crippen molar-refractivity contribution in [2.45, 2.75) is 13.2 Å². The molecule has 0 saturated heterocycles. The molecule has 0 radical (unpaired) electrons. The van der Waals surface area contributed by atoms with Gasteiger partial charge in [0.05, 0.1) is 17.1 Å². The summed E-state index contributed by atoms with van der Waals surface area (Å²) >= 11 is 6.30. The van der Waals surface area contributed by atoms with E-state index >= 15 is 0 Å². The van der Waals surface area contributed by atoms with Crippen molar-refractivity contribution in [3.05, 3.63) is 82.1 Å². The highest BCUT2D eigenvalue weighted by Gasteiger charge is 2.26. The SMILES string of the molecule is Cc1cn2c(n1)C(O)N=C(c1ccccc1Cl)c1cc(F)ccc1-2. The Morgan fingerprint density at radius 3 is 2.75 bits per heavy atom. The average molecular weight is 342 g/mol. The molecule has 24 heavy (non-hydrogen) atoms. The van der Waals surface area contributed by atoms with Gasteiger partial charge in [0.25, 0.3) is 0 Å². The molecule has 4 rings (SSSR count). The van der Waals surface area contributed by atoms with Crippen LogP contribution in [0.1, 0.15) is 28.9 Å². The van der Waals surface area contributed by atoms with Crippen LogP contribution in [0.3, 0.4) is 0 Å². The minimum atomic E-state index is -1.17. The van der Waals surface area contributed by atoms with Crippen LogP contribution in [0.15, 0.2) is 53.7 Å². The fraction of sp³-hybridized carbons (Fsp3) is 0.111. The van der Waals surface area contributed by atoms with Crippen molar-refractivity contribution in [2.24, 2.45) is 4.99 Å². The minimum absolute atomic E-state index is 0.386. The maximum atomic E-state index is 13.9. The topological polar surface area (TPSA) is 50.4 Å². The van der Waals surface area contributed by atoms with E-state index in [1.165, 1.54) is 12.1 Å². The van der Waals surface area contributed by atoms with E-state index in [0.717, 1.165) is 5.69 Å². The van der Waals surface area contributed by atoms with Gasteiger partial charge in [-0.25, -0.2) is 14.4 Å². The predicted octanol–water partition coefficient (Wildman–Crippen LogP) is 3.82. The van der Waals surface area contributed by atoms with Crippen molar-refractivity contribution in [3.8, 4) is 5.69 Å². The molecule has 1 atom stereocenters. The lowest BCUT2D eigenvalue weighted by molar-refractivity contribution is 0.177. The van der Waals surface area contributed by atoms with Gasteiger partial charge in [-0.05, 0) is 31.2 Å².